The first-order valence-corrected chi connectivity index (χ1v) is 11.9. The van der Waals surface area contributed by atoms with Gasteiger partial charge in [0, 0.05) is 24.7 Å². The molecule has 1 N–H and O–H groups in total. The van der Waals surface area contributed by atoms with Crippen LogP contribution in [-0.2, 0) is 41.0 Å². The molecule has 2 aromatic rings. The Hall–Kier alpha value is -1.52. The molecular weight excluding hydrogens is 414 g/mol. The second kappa shape index (κ2) is 8.31. The summed E-state index contributed by atoms with van der Waals surface area (Å²) in [5, 5.41) is 9.23. The van der Waals surface area contributed by atoms with Crippen molar-refractivity contribution in [3.8, 4) is 0 Å². The number of hydrogen-bond acceptors (Lipinski definition) is 6. The van der Waals surface area contributed by atoms with E-state index in [-0.39, 0.29) is 17.9 Å². The molecule has 158 valence electrons. The highest BCUT2D eigenvalue weighted by Crippen LogP contribution is 2.34. The quantitative estimate of drug-likeness (QED) is 0.709. The van der Waals surface area contributed by atoms with Crippen LogP contribution in [0.2, 0.25) is 5.02 Å². The maximum absolute atomic E-state index is 11.9. The lowest BCUT2D eigenvalue weighted by atomic mass is 10.0. The van der Waals surface area contributed by atoms with Gasteiger partial charge in [0.2, 0.25) is 10.0 Å². The summed E-state index contributed by atoms with van der Waals surface area (Å²) < 4.78 is 34.5. The van der Waals surface area contributed by atoms with E-state index >= 15 is 0 Å². The van der Waals surface area contributed by atoms with Gasteiger partial charge in [0.05, 0.1) is 31.1 Å². The van der Waals surface area contributed by atoms with Crippen molar-refractivity contribution < 1.29 is 13.2 Å². The van der Waals surface area contributed by atoms with Crippen molar-refractivity contribution in [2.75, 3.05) is 18.8 Å². The molecule has 29 heavy (non-hydrogen) atoms. The molecular formula is C19H26ClN5O3S. The van der Waals surface area contributed by atoms with E-state index in [1.54, 1.807) is 0 Å². The maximum Gasteiger partial charge on any atom is 0.211 e. The van der Waals surface area contributed by atoms with E-state index in [0.29, 0.717) is 25.3 Å². The Morgan fingerprint density at radius 2 is 2.14 bits per heavy atom. The van der Waals surface area contributed by atoms with Crippen molar-refractivity contribution in [3.05, 3.63) is 46.2 Å². The van der Waals surface area contributed by atoms with Crippen LogP contribution in [0.25, 0.3) is 0 Å². The summed E-state index contributed by atoms with van der Waals surface area (Å²) in [5.74, 6) is 0.108. The lowest BCUT2D eigenvalue weighted by molar-refractivity contribution is -0.0844. The topological polar surface area (TPSA) is 89.3 Å². The molecule has 3 heterocycles. The Morgan fingerprint density at radius 3 is 2.93 bits per heavy atom. The van der Waals surface area contributed by atoms with Crippen LogP contribution in [0.1, 0.15) is 36.7 Å². The zero-order chi connectivity index (χ0) is 20.5. The average molecular weight is 440 g/mol. The summed E-state index contributed by atoms with van der Waals surface area (Å²) in [6.45, 7) is 5.51. The third-order valence-corrected chi connectivity index (χ3v) is 7.45. The van der Waals surface area contributed by atoms with Crippen LogP contribution in [0, 0.1) is 0 Å². The zero-order valence-corrected chi connectivity index (χ0v) is 18.0. The first kappa shape index (κ1) is 20.7. The predicted molar refractivity (Wildman–Crippen MR) is 110 cm³/mol. The Labute approximate surface area is 176 Å². The molecule has 2 aliphatic heterocycles. The lowest BCUT2D eigenvalue weighted by Crippen LogP contribution is -2.44. The number of likely N-dealkylation sites (tertiary alicyclic amines) is 1. The first-order chi connectivity index (χ1) is 13.9. The number of aromatic nitrogens is 3. The molecule has 1 aromatic heterocycles. The SMILES string of the molecule is CCCS(=O)(=O)NCc1nnn2c1COC1(CCN(Cc3ccccc3Cl)C1)C2. The summed E-state index contributed by atoms with van der Waals surface area (Å²) in [6, 6.07) is 7.91. The maximum atomic E-state index is 11.9. The highest BCUT2D eigenvalue weighted by molar-refractivity contribution is 7.89. The number of sulfonamides is 1. The van der Waals surface area contributed by atoms with E-state index < -0.39 is 10.0 Å². The van der Waals surface area contributed by atoms with Gasteiger partial charge in [-0.05, 0) is 24.5 Å². The van der Waals surface area contributed by atoms with E-state index in [4.69, 9.17) is 16.3 Å². The van der Waals surface area contributed by atoms with Crippen molar-refractivity contribution in [2.24, 2.45) is 0 Å². The van der Waals surface area contributed by atoms with Crippen molar-refractivity contribution in [3.63, 3.8) is 0 Å². The fourth-order valence-corrected chi connectivity index (χ4v) is 5.26. The van der Waals surface area contributed by atoms with Crippen molar-refractivity contribution in [1.29, 1.82) is 0 Å². The molecule has 0 saturated carbocycles. The van der Waals surface area contributed by atoms with Gasteiger partial charge in [0.25, 0.3) is 0 Å². The lowest BCUT2D eigenvalue weighted by Gasteiger charge is -2.34. The standard InChI is InChI=1S/C19H26ClN5O3S/c1-2-9-29(26,27)21-10-17-18-12-28-19(14-25(18)23-22-17)7-8-24(13-19)11-15-5-3-4-6-16(15)20/h3-6,21H,2,7-14H2,1H3. The molecule has 1 fully saturated rings. The Morgan fingerprint density at radius 1 is 1.31 bits per heavy atom. The van der Waals surface area contributed by atoms with Crippen LogP contribution >= 0.6 is 11.6 Å². The monoisotopic (exact) mass is 439 g/mol. The number of fused-ring (bicyclic) bond motifs is 1. The van der Waals surface area contributed by atoms with Gasteiger partial charge in [0.1, 0.15) is 11.3 Å². The van der Waals surface area contributed by atoms with Crippen LogP contribution in [0.15, 0.2) is 24.3 Å². The number of rotatable bonds is 7. The first-order valence-electron chi connectivity index (χ1n) is 9.88. The normalized spacial score (nSPS) is 22.3. The summed E-state index contributed by atoms with van der Waals surface area (Å²) in [7, 11) is -3.28. The molecule has 1 spiro atoms. The molecule has 0 amide bonds. The number of nitrogens with zero attached hydrogens (tertiary/aromatic N) is 4. The van der Waals surface area contributed by atoms with Gasteiger partial charge in [-0.25, -0.2) is 17.8 Å². The van der Waals surface area contributed by atoms with Gasteiger partial charge in [-0.3, -0.25) is 4.90 Å². The third-order valence-electron chi connectivity index (χ3n) is 5.55. The van der Waals surface area contributed by atoms with Gasteiger partial charge in [-0.1, -0.05) is 41.9 Å². The van der Waals surface area contributed by atoms with Crippen LogP contribution in [-0.4, -0.2) is 52.8 Å². The van der Waals surface area contributed by atoms with Crippen LogP contribution in [0.3, 0.4) is 0 Å². The van der Waals surface area contributed by atoms with Gasteiger partial charge in [0.15, 0.2) is 0 Å². The second-order valence-electron chi connectivity index (χ2n) is 7.80. The van der Waals surface area contributed by atoms with Crippen molar-refractivity contribution in [1.82, 2.24) is 24.6 Å². The van der Waals surface area contributed by atoms with Crippen LogP contribution in [0.4, 0.5) is 0 Å². The van der Waals surface area contributed by atoms with E-state index in [9.17, 15) is 8.42 Å². The summed E-state index contributed by atoms with van der Waals surface area (Å²) in [6.07, 6.45) is 1.49. The van der Waals surface area contributed by atoms with Gasteiger partial charge >= 0.3 is 0 Å². The second-order valence-corrected chi connectivity index (χ2v) is 10.1. The number of halogens is 1. The minimum atomic E-state index is -3.28. The molecule has 0 bridgehead atoms. The van der Waals surface area contributed by atoms with Gasteiger partial charge in [-0.15, -0.1) is 5.10 Å². The van der Waals surface area contributed by atoms with Crippen LogP contribution in [0.5, 0.6) is 0 Å². The molecule has 0 aliphatic carbocycles. The Bertz CT molecular complexity index is 980. The minimum absolute atomic E-state index is 0.108. The molecule has 1 saturated heterocycles. The molecule has 4 rings (SSSR count). The number of hydrogen-bond donors (Lipinski definition) is 1. The van der Waals surface area contributed by atoms with E-state index in [1.807, 2.05) is 29.8 Å². The third kappa shape index (κ3) is 4.64. The summed E-state index contributed by atoms with van der Waals surface area (Å²) in [5.41, 5.74) is 2.30. The smallest absolute Gasteiger partial charge is 0.211 e. The zero-order valence-electron chi connectivity index (χ0n) is 16.5. The fraction of sp³-hybridized carbons (Fsp3) is 0.579. The van der Waals surface area contributed by atoms with E-state index in [1.165, 1.54) is 0 Å². The molecule has 0 radical (unpaired) electrons. The average Bonchev–Trinajstić information content (AvgIpc) is 3.26. The molecule has 10 heteroatoms. The van der Waals surface area contributed by atoms with E-state index in [0.717, 1.165) is 42.3 Å². The highest BCUT2D eigenvalue weighted by Gasteiger charge is 2.43. The summed E-state index contributed by atoms with van der Waals surface area (Å²) in [4.78, 5) is 2.35. The highest BCUT2D eigenvalue weighted by atomic mass is 35.5. The number of nitrogens with one attached hydrogen (secondary N) is 1. The minimum Gasteiger partial charge on any atom is -0.365 e. The molecule has 2 aliphatic rings. The van der Waals surface area contributed by atoms with Crippen molar-refractivity contribution >= 4 is 21.6 Å². The molecule has 1 aromatic carbocycles. The largest absolute Gasteiger partial charge is 0.365 e. The molecule has 8 nitrogen and oxygen atoms in total. The Balaban J connectivity index is 1.39. The molecule has 1 atom stereocenters. The van der Waals surface area contributed by atoms with Gasteiger partial charge < -0.3 is 4.74 Å². The van der Waals surface area contributed by atoms with Crippen molar-refractivity contribution in [2.45, 2.75) is 51.6 Å². The number of benzene rings is 1. The van der Waals surface area contributed by atoms with Crippen LogP contribution < -0.4 is 4.72 Å². The predicted octanol–water partition coefficient (Wildman–Crippen LogP) is 1.94. The number of ether oxygens (including phenoxy) is 1. The van der Waals surface area contributed by atoms with E-state index in [2.05, 4.69) is 26.0 Å². The van der Waals surface area contributed by atoms with Gasteiger partial charge in [-0.2, -0.15) is 0 Å². The fourth-order valence-electron chi connectivity index (χ4n) is 4.03. The summed E-state index contributed by atoms with van der Waals surface area (Å²) >= 11 is 6.30. The Kier molecular flexibility index (Phi) is 5.94. The molecule has 1 unspecified atom stereocenters.